The molecule has 0 atom stereocenters. The van der Waals surface area contributed by atoms with Crippen molar-refractivity contribution >= 4 is 72.7 Å². The Hall–Kier alpha value is -6.15. The Kier molecular flexibility index (Phi) is 9.90. The summed E-state index contributed by atoms with van der Waals surface area (Å²) < 4.78 is 5.75. The molecule has 6 aromatic rings. The molecule has 0 N–H and O–H groups in total. The van der Waals surface area contributed by atoms with Gasteiger partial charge in [-0.2, -0.15) is 0 Å². The van der Waals surface area contributed by atoms with E-state index in [0.717, 1.165) is 94.0 Å². The molecule has 8 heteroatoms. The van der Waals surface area contributed by atoms with Gasteiger partial charge in [-0.05, 0) is 112 Å². The fraction of sp³-hybridized carbons (Fsp3) is 0.314. The summed E-state index contributed by atoms with van der Waals surface area (Å²) in [4.78, 5) is 74.0. The van der Waals surface area contributed by atoms with E-state index in [1.807, 2.05) is 72.8 Å². The van der Waals surface area contributed by atoms with E-state index >= 15 is 0 Å². The van der Waals surface area contributed by atoms with E-state index < -0.39 is 0 Å². The van der Waals surface area contributed by atoms with Crippen LogP contribution in [0, 0.1) is 0 Å². The van der Waals surface area contributed by atoms with Crippen LogP contribution in [0.2, 0.25) is 0 Å². The Morgan fingerprint density at radius 3 is 1.56 bits per heavy atom. The van der Waals surface area contributed by atoms with Gasteiger partial charge in [0.25, 0.3) is 23.6 Å². The van der Waals surface area contributed by atoms with Crippen molar-refractivity contribution in [3.63, 3.8) is 0 Å². The quantitative estimate of drug-likeness (QED) is 0.0358. The van der Waals surface area contributed by atoms with Crippen molar-refractivity contribution in [3.05, 3.63) is 113 Å². The SMILES string of the molecule is CCCC(CCC)N1C(=O)c2ccc3c4ccc5c6c(cc(-c7ccc(OC(=O)CC8=CC=CC8)cc7)c(c7ccc(c2c37)C1=O)c64)C(=O)N(C(CCC)CCC)C5=O. The summed E-state index contributed by atoms with van der Waals surface area (Å²) in [6, 6.07) is 20.3. The van der Waals surface area contributed by atoms with Crippen LogP contribution in [0.5, 0.6) is 5.75 Å². The number of carbonyl (C=O) groups excluding carboxylic acids is 5. The van der Waals surface area contributed by atoms with Crippen molar-refractivity contribution in [1.82, 2.24) is 9.80 Å². The molecule has 1 aliphatic carbocycles. The van der Waals surface area contributed by atoms with E-state index in [0.29, 0.717) is 51.6 Å². The predicted octanol–water partition coefficient (Wildman–Crippen LogP) is 11.7. The van der Waals surface area contributed by atoms with E-state index in [4.69, 9.17) is 4.74 Å². The molecule has 0 fully saturated rings. The molecular formula is C51H48N2O6. The largest absolute Gasteiger partial charge is 0.426 e. The smallest absolute Gasteiger partial charge is 0.315 e. The third-order valence-electron chi connectivity index (χ3n) is 12.6. The molecule has 0 aromatic heterocycles. The molecule has 3 aliphatic rings. The van der Waals surface area contributed by atoms with E-state index in [9.17, 15) is 24.0 Å². The summed E-state index contributed by atoms with van der Waals surface area (Å²) in [5.74, 6) is -1.06. The van der Waals surface area contributed by atoms with Gasteiger partial charge in [0, 0.05) is 45.1 Å². The molecule has 0 bridgehead atoms. The number of ether oxygens (including phenoxy) is 1. The number of rotatable bonds is 14. The van der Waals surface area contributed by atoms with Crippen LogP contribution in [-0.4, -0.2) is 51.5 Å². The lowest BCUT2D eigenvalue weighted by atomic mass is 9.79. The number of imide groups is 2. The van der Waals surface area contributed by atoms with Crippen molar-refractivity contribution in [2.45, 2.75) is 104 Å². The van der Waals surface area contributed by atoms with Crippen molar-refractivity contribution < 1.29 is 28.7 Å². The standard InChI is InChI=1S/C51H48N2O6/c1-5-11-31(12-6-2)52-48(55)37-24-21-34-35-22-25-39-46-41(51(58)53(50(39)57)32(13-7-3)14-8-4)28-40(44(47(35)46)36-23-26-38(49(52)56)45(37)43(34)36)30-17-19-33(20-18-30)59-42(54)27-29-15-9-10-16-29/h9-10,15,17-26,28,31-32H,5-8,11-14,16,27H2,1-4H3. The third kappa shape index (κ3) is 6.06. The van der Waals surface area contributed by atoms with Crippen LogP contribution in [-0.2, 0) is 4.79 Å². The van der Waals surface area contributed by atoms with E-state index in [1.165, 1.54) is 9.80 Å². The van der Waals surface area contributed by atoms with Gasteiger partial charge in [-0.3, -0.25) is 33.8 Å². The molecule has 59 heavy (non-hydrogen) atoms. The second kappa shape index (κ2) is 15.2. The second-order valence-electron chi connectivity index (χ2n) is 16.4. The molecule has 9 rings (SSSR count). The molecule has 0 radical (unpaired) electrons. The van der Waals surface area contributed by atoms with Crippen LogP contribution >= 0.6 is 0 Å². The lowest BCUT2D eigenvalue weighted by Gasteiger charge is -2.35. The molecule has 0 saturated carbocycles. The molecule has 4 amide bonds. The third-order valence-corrected chi connectivity index (χ3v) is 12.6. The number of nitrogens with zero attached hydrogens (tertiary/aromatic N) is 2. The number of amides is 4. The number of hydrogen-bond donors (Lipinski definition) is 0. The number of benzene rings is 6. The molecule has 0 saturated heterocycles. The first-order chi connectivity index (χ1) is 28.7. The van der Waals surface area contributed by atoms with Crippen LogP contribution < -0.4 is 4.74 Å². The van der Waals surface area contributed by atoms with Crippen LogP contribution in [0.25, 0.3) is 54.2 Å². The fourth-order valence-electron chi connectivity index (χ4n) is 10.1. The number of allylic oxidation sites excluding steroid dienone is 3. The van der Waals surface area contributed by atoms with Gasteiger partial charge in [-0.1, -0.05) is 108 Å². The number of carbonyl (C=O) groups is 5. The van der Waals surface area contributed by atoms with Crippen LogP contribution in [0.1, 0.15) is 133 Å². The maximum Gasteiger partial charge on any atom is 0.315 e. The lowest BCUT2D eigenvalue weighted by molar-refractivity contribution is -0.133. The molecular weight excluding hydrogens is 737 g/mol. The first kappa shape index (κ1) is 38.4. The fourth-order valence-corrected chi connectivity index (χ4v) is 10.1. The van der Waals surface area contributed by atoms with Crippen LogP contribution in [0.3, 0.4) is 0 Å². The highest BCUT2D eigenvalue weighted by Crippen LogP contribution is 2.50. The van der Waals surface area contributed by atoms with Gasteiger partial charge in [0.05, 0.1) is 6.42 Å². The molecule has 6 aromatic carbocycles. The molecule has 2 heterocycles. The zero-order chi connectivity index (χ0) is 41.1. The van der Waals surface area contributed by atoms with Crippen molar-refractivity contribution in [3.8, 4) is 16.9 Å². The Labute approximate surface area is 343 Å². The van der Waals surface area contributed by atoms with Gasteiger partial charge >= 0.3 is 5.97 Å². The summed E-state index contributed by atoms with van der Waals surface area (Å²) in [5.41, 5.74) is 4.52. The number of hydrogen-bond acceptors (Lipinski definition) is 6. The summed E-state index contributed by atoms with van der Waals surface area (Å²) in [6.45, 7) is 8.30. The highest BCUT2D eigenvalue weighted by Gasteiger charge is 2.41. The summed E-state index contributed by atoms with van der Waals surface area (Å²) in [6.07, 6.45) is 13.1. The highest BCUT2D eigenvalue weighted by molar-refractivity contribution is 6.43. The average Bonchev–Trinajstić information content (AvgIpc) is 3.75. The van der Waals surface area contributed by atoms with Gasteiger partial charge in [-0.15, -0.1) is 0 Å². The topological polar surface area (TPSA) is 101 Å². The van der Waals surface area contributed by atoms with E-state index in [-0.39, 0.29) is 48.1 Å². The lowest BCUT2D eigenvalue weighted by Crippen LogP contribution is -2.47. The minimum Gasteiger partial charge on any atom is -0.426 e. The maximum absolute atomic E-state index is 14.8. The van der Waals surface area contributed by atoms with Gasteiger partial charge < -0.3 is 4.74 Å². The molecule has 8 nitrogen and oxygen atoms in total. The summed E-state index contributed by atoms with van der Waals surface area (Å²) in [7, 11) is 0. The van der Waals surface area contributed by atoms with E-state index in [2.05, 4.69) is 27.7 Å². The Morgan fingerprint density at radius 2 is 1.05 bits per heavy atom. The van der Waals surface area contributed by atoms with Crippen LogP contribution in [0.4, 0.5) is 0 Å². The minimum atomic E-state index is -0.339. The zero-order valence-electron chi connectivity index (χ0n) is 34.2. The average molecular weight is 785 g/mol. The number of esters is 1. The molecule has 0 spiro atoms. The normalized spacial score (nSPS) is 15.1. The first-order valence-corrected chi connectivity index (χ1v) is 21.4. The minimum absolute atomic E-state index is 0.188. The Balaban J connectivity index is 1.29. The maximum atomic E-state index is 14.8. The monoisotopic (exact) mass is 784 g/mol. The molecule has 2 aliphatic heterocycles. The summed E-state index contributed by atoms with van der Waals surface area (Å²) >= 11 is 0. The molecule has 298 valence electrons. The Morgan fingerprint density at radius 1 is 0.559 bits per heavy atom. The number of fused-ring (bicyclic) bond motifs is 2. The van der Waals surface area contributed by atoms with Gasteiger partial charge in [0.2, 0.25) is 0 Å². The first-order valence-electron chi connectivity index (χ1n) is 21.4. The summed E-state index contributed by atoms with van der Waals surface area (Å²) in [5, 5.41) is 6.20. The van der Waals surface area contributed by atoms with E-state index in [1.54, 1.807) is 12.1 Å². The predicted molar refractivity (Wildman–Crippen MR) is 233 cm³/mol. The van der Waals surface area contributed by atoms with Gasteiger partial charge in [-0.25, -0.2) is 0 Å². The Bertz CT molecular complexity index is 2780. The van der Waals surface area contributed by atoms with Crippen molar-refractivity contribution in [2.75, 3.05) is 0 Å². The van der Waals surface area contributed by atoms with Crippen molar-refractivity contribution in [1.29, 1.82) is 0 Å². The zero-order valence-corrected chi connectivity index (χ0v) is 34.2. The van der Waals surface area contributed by atoms with Gasteiger partial charge in [0.1, 0.15) is 5.75 Å². The highest BCUT2D eigenvalue weighted by atomic mass is 16.5. The van der Waals surface area contributed by atoms with Crippen LogP contribution in [0.15, 0.2) is 90.5 Å². The second-order valence-corrected chi connectivity index (χ2v) is 16.4. The van der Waals surface area contributed by atoms with Crippen molar-refractivity contribution in [2.24, 2.45) is 0 Å². The van der Waals surface area contributed by atoms with Gasteiger partial charge in [0.15, 0.2) is 0 Å². The molecule has 0 unspecified atom stereocenters.